The van der Waals surface area contributed by atoms with Crippen molar-refractivity contribution in [3.63, 3.8) is 0 Å². The number of hydrogen-bond donors (Lipinski definition) is 2. The molecule has 1 fully saturated rings. The van der Waals surface area contributed by atoms with Crippen molar-refractivity contribution < 1.29 is 14.7 Å². The molecule has 1 amide bonds. The van der Waals surface area contributed by atoms with Crippen LogP contribution < -0.4 is 10.6 Å². The average Bonchev–Trinajstić information content (AvgIpc) is 2.47. The number of aliphatic carboxylic acids is 1. The molecule has 0 aliphatic carbocycles. The zero-order valence-electron chi connectivity index (χ0n) is 12.0. The summed E-state index contributed by atoms with van der Waals surface area (Å²) in [5, 5.41) is 9.05. The molecule has 0 atom stereocenters. The number of nitrogens with two attached hydrogens (primary N) is 1. The molecule has 21 heavy (non-hydrogen) atoms. The molecule has 6 nitrogen and oxygen atoms in total. The third-order valence-corrected chi connectivity index (χ3v) is 3.64. The van der Waals surface area contributed by atoms with Crippen LogP contribution in [0, 0.1) is 0 Å². The Morgan fingerprint density at radius 2 is 1.81 bits per heavy atom. The third-order valence-electron chi connectivity index (χ3n) is 3.64. The smallest absolute Gasteiger partial charge is 0.323 e. The van der Waals surface area contributed by atoms with Crippen molar-refractivity contribution in [3.8, 4) is 0 Å². The standard InChI is InChI=1S/C15H21N3O3/c16-12-6-2-3-7-13(12)18(11-15(20)21)10-14(19)17-8-4-1-5-9-17/h2-3,6-7H,1,4-5,8-11,16H2,(H,20,21). The summed E-state index contributed by atoms with van der Waals surface area (Å²) in [7, 11) is 0. The number of likely N-dealkylation sites (tertiary alicyclic amines) is 1. The van der Waals surface area contributed by atoms with E-state index in [1.165, 1.54) is 4.90 Å². The van der Waals surface area contributed by atoms with Gasteiger partial charge in [-0.3, -0.25) is 9.59 Å². The number of carboxylic acid groups (broad SMARTS) is 1. The molecule has 114 valence electrons. The number of carboxylic acids is 1. The molecule has 0 aromatic heterocycles. The zero-order chi connectivity index (χ0) is 15.2. The number of anilines is 2. The van der Waals surface area contributed by atoms with E-state index in [1.807, 2.05) is 0 Å². The summed E-state index contributed by atoms with van der Waals surface area (Å²) in [6, 6.07) is 7.01. The first-order valence-electron chi connectivity index (χ1n) is 7.17. The van der Waals surface area contributed by atoms with Crippen LogP contribution in [0.4, 0.5) is 11.4 Å². The van der Waals surface area contributed by atoms with Gasteiger partial charge in [-0.25, -0.2) is 0 Å². The zero-order valence-corrected chi connectivity index (χ0v) is 12.0. The van der Waals surface area contributed by atoms with Crippen molar-refractivity contribution in [1.82, 2.24) is 4.90 Å². The molecule has 0 unspecified atom stereocenters. The average molecular weight is 291 g/mol. The van der Waals surface area contributed by atoms with E-state index in [2.05, 4.69) is 0 Å². The maximum atomic E-state index is 12.3. The minimum absolute atomic E-state index is 0.0422. The van der Waals surface area contributed by atoms with Gasteiger partial charge < -0.3 is 20.6 Å². The minimum atomic E-state index is -0.982. The number of piperidine rings is 1. The SMILES string of the molecule is Nc1ccccc1N(CC(=O)O)CC(=O)N1CCCCC1. The summed E-state index contributed by atoms with van der Waals surface area (Å²) in [5.41, 5.74) is 6.96. The molecule has 0 saturated carbocycles. The Morgan fingerprint density at radius 1 is 1.14 bits per heavy atom. The van der Waals surface area contributed by atoms with Gasteiger partial charge in [0.05, 0.1) is 17.9 Å². The Labute approximate surface area is 124 Å². The highest BCUT2D eigenvalue weighted by molar-refractivity contribution is 5.86. The summed E-state index contributed by atoms with van der Waals surface area (Å²) in [5.74, 6) is -1.02. The van der Waals surface area contributed by atoms with E-state index in [4.69, 9.17) is 10.8 Å². The second-order valence-electron chi connectivity index (χ2n) is 5.25. The minimum Gasteiger partial charge on any atom is -0.480 e. The molecule has 1 aliphatic heterocycles. The van der Waals surface area contributed by atoms with E-state index in [1.54, 1.807) is 29.2 Å². The number of para-hydroxylation sites is 2. The molecule has 3 N–H and O–H groups in total. The first-order chi connectivity index (χ1) is 10.1. The van der Waals surface area contributed by atoms with E-state index in [0.717, 1.165) is 32.4 Å². The van der Waals surface area contributed by atoms with Crippen molar-refractivity contribution in [2.45, 2.75) is 19.3 Å². The number of nitrogen functional groups attached to an aromatic ring is 1. The first-order valence-corrected chi connectivity index (χ1v) is 7.17. The third kappa shape index (κ3) is 4.11. The van der Waals surface area contributed by atoms with Crippen molar-refractivity contribution in [2.75, 3.05) is 36.8 Å². The van der Waals surface area contributed by atoms with Crippen LogP contribution in [0.3, 0.4) is 0 Å². The van der Waals surface area contributed by atoms with Crippen molar-refractivity contribution >= 4 is 23.3 Å². The number of nitrogens with zero attached hydrogens (tertiary/aromatic N) is 2. The Balaban J connectivity index is 2.11. The van der Waals surface area contributed by atoms with Gasteiger partial charge in [0.2, 0.25) is 5.91 Å². The summed E-state index contributed by atoms with van der Waals surface area (Å²) in [4.78, 5) is 26.7. The second kappa shape index (κ2) is 6.97. The number of rotatable bonds is 5. The van der Waals surface area contributed by atoms with Crippen LogP contribution in [0.2, 0.25) is 0 Å². The molecule has 0 spiro atoms. The first kappa shape index (κ1) is 15.2. The van der Waals surface area contributed by atoms with Gasteiger partial charge in [0.15, 0.2) is 0 Å². The fourth-order valence-corrected chi connectivity index (χ4v) is 2.57. The molecular weight excluding hydrogens is 270 g/mol. The van der Waals surface area contributed by atoms with Gasteiger partial charge in [0, 0.05) is 13.1 Å². The van der Waals surface area contributed by atoms with E-state index in [9.17, 15) is 9.59 Å². The molecule has 1 aliphatic rings. The summed E-state index contributed by atoms with van der Waals surface area (Å²) in [6.07, 6.45) is 3.17. The molecular formula is C15H21N3O3. The van der Waals surface area contributed by atoms with Crippen molar-refractivity contribution in [3.05, 3.63) is 24.3 Å². The number of carbonyl (C=O) groups excluding carboxylic acids is 1. The van der Waals surface area contributed by atoms with E-state index >= 15 is 0 Å². The predicted molar refractivity (Wildman–Crippen MR) is 81.1 cm³/mol. The summed E-state index contributed by atoms with van der Waals surface area (Å²) < 4.78 is 0. The van der Waals surface area contributed by atoms with Crippen LogP contribution in [0.15, 0.2) is 24.3 Å². The topological polar surface area (TPSA) is 86.9 Å². The van der Waals surface area contributed by atoms with Gasteiger partial charge in [-0.2, -0.15) is 0 Å². The Kier molecular flexibility index (Phi) is 5.03. The fourth-order valence-electron chi connectivity index (χ4n) is 2.57. The van der Waals surface area contributed by atoms with Gasteiger partial charge in [-0.15, -0.1) is 0 Å². The Morgan fingerprint density at radius 3 is 2.43 bits per heavy atom. The monoisotopic (exact) mass is 291 g/mol. The Hall–Kier alpha value is -2.24. The quantitative estimate of drug-likeness (QED) is 0.795. The van der Waals surface area contributed by atoms with Crippen LogP contribution in [-0.2, 0) is 9.59 Å². The van der Waals surface area contributed by atoms with Gasteiger partial charge in [-0.05, 0) is 31.4 Å². The summed E-state index contributed by atoms with van der Waals surface area (Å²) >= 11 is 0. The molecule has 1 saturated heterocycles. The number of amides is 1. The second-order valence-corrected chi connectivity index (χ2v) is 5.25. The Bertz CT molecular complexity index is 513. The largest absolute Gasteiger partial charge is 0.480 e. The highest BCUT2D eigenvalue weighted by atomic mass is 16.4. The van der Waals surface area contributed by atoms with Crippen LogP contribution in [0.5, 0.6) is 0 Å². The van der Waals surface area contributed by atoms with E-state index < -0.39 is 5.97 Å². The number of hydrogen-bond acceptors (Lipinski definition) is 4. The van der Waals surface area contributed by atoms with Crippen molar-refractivity contribution in [1.29, 1.82) is 0 Å². The molecule has 1 aromatic rings. The van der Waals surface area contributed by atoms with Crippen LogP contribution in [0.25, 0.3) is 0 Å². The van der Waals surface area contributed by atoms with Gasteiger partial charge >= 0.3 is 5.97 Å². The van der Waals surface area contributed by atoms with Crippen LogP contribution in [-0.4, -0.2) is 48.1 Å². The lowest BCUT2D eigenvalue weighted by Gasteiger charge is -2.30. The number of carbonyl (C=O) groups is 2. The lowest BCUT2D eigenvalue weighted by atomic mass is 10.1. The molecule has 1 aromatic carbocycles. The fraction of sp³-hybridized carbons (Fsp3) is 0.467. The number of benzene rings is 1. The van der Waals surface area contributed by atoms with Crippen LogP contribution in [0.1, 0.15) is 19.3 Å². The van der Waals surface area contributed by atoms with Gasteiger partial charge in [-0.1, -0.05) is 12.1 Å². The van der Waals surface area contributed by atoms with Crippen LogP contribution >= 0.6 is 0 Å². The maximum Gasteiger partial charge on any atom is 0.323 e. The molecule has 6 heteroatoms. The van der Waals surface area contributed by atoms with Gasteiger partial charge in [0.25, 0.3) is 0 Å². The van der Waals surface area contributed by atoms with E-state index in [-0.39, 0.29) is 19.0 Å². The normalized spacial score (nSPS) is 14.8. The molecule has 2 rings (SSSR count). The molecule has 0 bridgehead atoms. The van der Waals surface area contributed by atoms with Crippen molar-refractivity contribution in [2.24, 2.45) is 0 Å². The maximum absolute atomic E-state index is 12.3. The van der Waals surface area contributed by atoms with Gasteiger partial charge in [0.1, 0.15) is 6.54 Å². The lowest BCUT2D eigenvalue weighted by Crippen LogP contribution is -2.44. The molecule has 0 radical (unpaired) electrons. The highest BCUT2D eigenvalue weighted by Gasteiger charge is 2.21. The summed E-state index contributed by atoms with van der Waals surface area (Å²) in [6.45, 7) is 1.31. The highest BCUT2D eigenvalue weighted by Crippen LogP contribution is 2.22. The van der Waals surface area contributed by atoms with E-state index in [0.29, 0.717) is 11.4 Å². The lowest BCUT2D eigenvalue weighted by molar-refractivity contribution is -0.135. The molecule has 1 heterocycles. The predicted octanol–water partition coefficient (Wildman–Crippen LogP) is 1.17.